The summed E-state index contributed by atoms with van der Waals surface area (Å²) in [5, 5.41) is 27.0. The van der Waals surface area contributed by atoms with E-state index in [9.17, 15) is 48.7 Å². The molecule has 0 saturated heterocycles. The first-order chi connectivity index (χ1) is 48.9. The molecule has 0 aliphatic heterocycles. The third kappa shape index (κ3) is 17.3. The van der Waals surface area contributed by atoms with Gasteiger partial charge in [-0.15, -0.1) is 0 Å². The van der Waals surface area contributed by atoms with E-state index in [-0.39, 0.29) is 56.9 Å². The van der Waals surface area contributed by atoms with Gasteiger partial charge in [-0.3, -0.25) is 18.9 Å². The summed E-state index contributed by atoms with van der Waals surface area (Å²) in [6.07, 6.45) is 3.48. The summed E-state index contributed by atoms with van der Waals surface area (Å²) in [5.74, 6) is 0.261. The molecule has 0 spiro atoms. The fraction of sp³-hybridized carbons (Fsp3) is 0.351. The van der Waals surface area contributed by atoms with Crippen molar-refractivity contribution in [3.8, 4) is 5.75 Å². The zero-order chi connectivity index (χ0) is 73.8. The molecule has 0 atom stereocenters. The van der Waals surface area contributed by atoms with E-state index >= 15 is 0 Å². The number of benzene rings is 7. The van der Waals surface area contributed by atoms with Gasteiger partial charge < -0.3 is 56.8 Å². The molecule has 6 heterocycles. The number of carbonyl (C=O) groups is 3. The molecule has 0 fully saturated rings. The second-order valence-corrected chi connectivity index (χ2v) is 30.6. The SMILES string of the molecule is CC(=O)Nc1ccc2c(c1)c1cc3c(cc1n2C)oc(C)[n+]3CCCC(=O)O.Cc1n(CCOc2ccccc2)c2cc3c4ccccc4n(C)c3cc2[n+]1CCCS(=O)(=O)[O-].Cc1oc2cc3c(cc2[n+]1CCCCCC(=O)O)c1cc(N(CCCS(=O)(=O)[O-])CCCS(=O)(=O)O)ccc1n3C. The summed E-state index contributed by atoms with van der Waals surface area (Å²) < 4.78 is 131. The highest BCUT2D eigenvalue weighted by Crippen LogP contribution is 2.37. The van der Waals surface area contributed by atoms with Crippen LogP contribution in [-0.2, 0) is 92.1 Å². The van der Waals surface area contributed by atoms with Crippen molar-refractivity contribution in [2.24, 2.45) is 21.1 Å². The Bertz CT molecular complexity index is 5720. The maximum atomic E-state index is 11.4. The number of fused-ring (bicyclic) bond motifs is 12. The molecular weight excluding hydrogens is 1380 g/mol. The third-order valence-corrected chi connectivity index (χ3v) is 21.3. The van der Waals surface area contributed by atoms with E-state index in [1.165, 1.54) is 17.7 Å². The number of aliphatic carboxylic acids is 2. The van der Waals surface area contributed by atoms with Crippen molar-refractivity contribution >= 4 is 158 Å². The van der Waals surface area contributed by atoms with Crippen LogP contribution in [0.1, 0.15) is 82.3 Å². The average Bonchev–Trinajstić information content (AvgIpc) is 1.59. The molecule has 0 aliphatic rings. The Morgan fingerprint density at radius 3 is 1.61 bits per heavy atom. The summed E-state index contributed by atoms with van der Waals surface area (Å²) in [4.78, 5) is 34.9. The van der Waals surface area contributed by atoms with Crippen LogP contribution in [-0.4, -0.2) is 122 Å². The topological polar surface area (TPSA) is 343 Å². The zero-order valence-electron chi connectivity index (χ0n) is 58.4. The van der Waals surface area contributed by atoms with Crippen molar-refractivity contribution in [1.82, 2.24) is 18.3 Å². The quantitative estimate of drug-likeness (QED) is 0.0201. The van der Waals surface area contributed by atoms with Gasteiger partial charge in [0.25, 0.3) is 27.0 Å². The number of oxazole rings is 2. The molecule has 0 aliphatic carbocycles. The maximum Gasteiger partial charge on any atom is 0.344 e. The molecule has 0 bridgehead atoms. The third-order valence-electron chi connectivity index (χ3n) is 18.9. The number of aryl methyl sites for hydroxylation is 8. The van der Waals surface area contributed by atoms with Crippen molar-refractivity contribution in [2.45, 2.75) is 112 Å². The number of unbranched alkanes of at least 4 members (excludes halogenated alkanes) is 2. The van der Waals surface area contributed by atoms with E-state index in [1.54, 1.807) is 0 Å². The molecule has 1 amide bonds. The molecule has 13 rings (SSSR count). The Labute approximate surface area is 594 Å². The molecule has 0 saturated carbocycles. The molecule has 7 aromatic carbocycles. The van der Waals surface area contributed by atoms with Crippen molar-refractivity contribution < 1.29 is 90.8 Å². The van der Waals surface area contributed by atoms with Crippen LogP contribution in [0.25, 0.3) is 98.7 Å². The Morgan fingerprint density at radius 1 is 0.515 bits per heavy atom. The highest BCUT2D eigenvalue weighted by atomic mass is 32.2. The van der Waals surface area contributed by atoms with Crippen LogP contribution in [0.2, 0.25) is 0 Å². The van der Waals surface area contributed by atoms with Gasteiger partial charge in [-0.25, -0.2) is 26.0 Å². The van der Waals surface area contributed by atoms with Gasteiger partial charge in [-0.1, -0.05) is 36.4 Å². The number of anilines is 2. The lowest BCUT2D eigenvalue weighted by Crippen LogP contribution is -2.37. The van der Waals surface area contributed by atoms with E-state index in [0.29, 0.717) is 45.6 Å². The molecular formula is C74H84N9O17S3+. The number of hydrogen-bond acceptors (Lipinski definition) is 15. The fourth-order valence-corrected chi connectivity index (χ4v) is 15.5. The normalized spacial score (nSPS) is 12.2. The van der Waals surface area contributed by atoms with Gasteiger partial charge in [0, 0.05) is 169 Å². The summed E-state index contributed by atoms with van der Waals surface area (Å²) >= 11 is 0. The number of ether oxygens (including phenoxy) is 1. The smallest absolute Gasteiger partial charge is 0.344 e. The molecule has 544 valence electrons. The molecule has 6 aromatic heterocycles. The van der Waals surface area contributed by atoms with Gasteiger partial charge >= 0.3 is 23.7 Å². The lowest BCUT2D eigenvalue weighted by atomic mass is 10.1. The summed E-state index contributed by atoms with van der Waals surface area (Å²) in [6.45, 7) is 10.6. The Morgan fingerprint density at radius 2 is 1.02 bits per heavy atom. The second kappa shape index (κ2) is 31.0. The van der Waals surface area contributed by atoms with Gasteiger partial charge in [0.15, 0.2) is 24.1 Å². The predicted octanol–water partition coefficient (Wildman–Crippen LogP) is 10.7. The number of rotatable bonds is 28. The van der Waals surface area contributed by atoms with Crippen LogP contribution < -0.4 is 28.7 Å². The van der Waals surface area contributed by atoms with Crippen molar-refractivity contribution in [3.05, 3.63) is 145 Å². The predicted molar refractivity (Wildman–Crippen MR) is 392 cm³/mol. The number of para-hydroxylation sites is 2. The molecule has 26 nitrogen and oxygen atoms in total. The van der Waals surface area contributed by atoms with Gasteiger partial charge in [-0.2, -0.15) is 17.6 Å². The minimum Gasteiger partial charge on any atom is -0.748 e. The molecule has 103 heavy (non-hydrogen) atoms. The van der Waals surface area contributed by atoms with Gasteiger partial charge in [0.2, 0.25) is 17.1 Å². The van der Waals surface area contributed by atoms with Crippen molar-refractivity contribution in [3.63, 3.8) is 0 Å². The number of hydrogen-bond donors (Lipinski definition) is 4. The number of imidazole rings is 1. The van der Waals surface area contributed by atoms with Gasteiger partial charge in [0.1, 0.15) is 18.9 Å². The van der Waals surface area contributed by atoms with E-state index in [1.807, 2.05) is 135 Å². The van der Waals surface area contributed by atoms with Crippen molar-refractivity contribution in [2.75, 3.05) is 47.2 Å². The highest BCUT2D eigenvalue weighted by molar-refractivity contribution is 7.86. The van der Waals surface area contributed by atoms with Crippen LogP contribution in [0.4, 0.5) is 11.4 Å². The highest BCUT2D eigenvalue weighted by Gasteiger charge is 2.27. The number of carboxylic acids is 2. The number of nitrogens with one attached hydrogen (secondary N) is 1. The molecule has 4 N–H and O–H groups in total. The lowest BCUT2D eigenvalue weighted by molar-refractivity contribution is -0.683. The molecule has 29 heteroatoms. The summed E-state index contributed by atoms with van der Waals surface area (Å²) in [6, 6.07) is 42.2. The van der Waals surface area contributed by atoms with E-state index in [4.69, 9.17) is 28.3 Å². The first-order valence-corrected chi connectivity index (χ1v) is 38.7. The van der Waals surface area contributed by atoms with Crippen molar-refractivity contribution in [1.29, 1.82) is 0 Å². The van der Waals surface area contributed by atoms with E-state index < -0.39 is 53.8 Å². The molecule has 0 radical (unpaired) electrons. The lowest BCUT2D eigenvalue weighted by Gasteiger charge is -2.25. The minimum absolute atomic E-state index is 0.0761. The fourth-order valence-electron chi connectivity index (χ4n) is 14.0. The van der Waals surface area contributed by atoms with Gasteiger partial charge in [-0.05, 0) is 92.8 Å². The first-order valence-electron chi connectivity index (χ1n) is 34.0. The Kier molecular flexibility index (Phi) is 22.3. The largest absolute Gasteiger partial charge is 0.748 e. The van der Waals surface area contributed by atoms with E-state index in [0.717, 1.165) is 135 Å². The number of aromatic nitrogens is 7. The van der Waals surface area contributed by atoms with Crippen LogP contribution >= 0.6 is 0 Å². The summed E-state index contributed by atoms with van der Waals surface area (Å²) in [7, 11) is -6.79. The monoisotopic (exact) mass is 1470 g/mol. The van der Waals surface area contributed by atoms with Crippen LogP contribution in [0, 0.1) is 20.8 Å². The minimum atomic E-state index is -4.40. The average molecular weight is 1470 g/mol. The Hall–Kier alpha value is -9.91. The number of nitrogens with zero attached hydrogens (tertiary/aromatic N) is 8. The van der Waals surface area contributed by atoms with Crippen LogP contribution in [0.15, 0.2) is 136 Å². The first kappa shape index (κ1) is 74.3. The second-order valence-electron chi connectivity index (χ2n) is 26.0. The number of carbonyl (C=O) groups excluding carboxylic acids is 1. The van der Waals surface area contributed by atoms with Crippen LogP contribution in [0.3, 0.4) is 0 Å². The van der Waals surface area contributed by atoms with E-state index in [2.05, 4.69) is 76.2 Å². The molecule has 13 aromatic rings. The maximum absolute atomic E-state index is 11.4. The zero-order valence-corrected chi connectivity index (χ0v) is 60.9. The van der Waals surface area contributed by atoms with Crippen LogP contribution in [0.5, 0.6) is 5.75 Å². The van der Waals surface area contributed by atoms with Gasteiger partial charge in [0.05, 0.1) is 69.4 Å². The number of amides is 1. The summed E-state index contributed by atoms with van der Waals surface area (Å²) in [5.41, 5.74) is 13.2. The Balaban J connectivity index is 0.000000158. The standard InChI is InChI=1S/C27H35N3O9S2.C26H27N3O4S.C21H21N3O4/c1-19-30(13-5-3-4-8-27(31)32)25-17-22-21-16-20(9-10-23(21)28(2)24(22)18-26(25)39-19)29(11-6-14-40(33,34)35)12-7-15-41(36,37)38;1-19-28(13-8-16-34(30,31)32)26-18-24-22(21-11-6-7-12-23(21)27(24)2)17-25(26)29(19)14-15-33-20-9-4-3-5-10-20;1-12(25)22-14-6-7-17-15(9-14)16-10-19-20(11-18(16)23(17)3)28-13(2)24(19)8-4-5-21(26)27/h9-10,16-18H,3-8,11-15H2,1-2H3,(H2-,31,32,33,34,35,36,37,38);3-7,9-12,17-18H,8,13-16H2,1-2H3;6-7,9-11H,4-5,8H2,1-3H3,(H-,22,25,26,27)/p+1. The number of carboxylic acid groups (broad SMARTS) is 2. The molecule has 0 unspecified atom stereocenters.